The molecule has 0 spiro atoms. The van der Waals surface area contributed by atoms with Crippen LogP contribution < -0.4 is 4.90 Å². The Morgan fingerprint density at radius 1 is 1.05 bits per heavy atom. The first-order valence-electron chi connectivity index (χ1n) is 7.68. The second-order valence-electron chi connectivity index (χ2n) is 5.44. The van der Waals surface area contributed by atoms with Crippen LogP contribution in [0.3, 0.4) is 0 Å². The minimum atomic E-state index is 0.0105. The van der Waals surface area contributed by atoms with E-state index >= 15 is 0 Å². The van der Waals surface area contributed by atoms with Crippen LogP contribution in [0.2, 0.25) is 0 Å². The molecule has 0 bridgehead atoms. The van der Waals surface area contributed by atoms with Crippen molar-refractivity contribution in [1.29, 1.82) is 0 Å². The van der Waals surface area contributed by atoms with Crippen LogP contribution in [0.25, 0.3) is 0 Å². The molecule has 0 amide bonds. The molecule has 0 N–H and O–H groups in total. The summed E-state index contributed by atoms with van der Waals surface area (Å²) in [5, 5.41) is 0.0105. The van der Waals surface area contributed by atoms with Gasteiger partial charge >= 0.3 is 0 Å². The van der Waals surface area contributed by atoms with E-state index in [0.717, 1.165) is 19.5 Å². The van der Waals surface area contributed by atoms with E-state index in [-0.39, 0.29) is 5.38 Å². The molecule has 21 heavy (non-hydrogen) atoms. The fourth-order valence-corrected chi connectivity index (χ4v) is 2.81. The van der Waals surface area contributed by atoms with Crippen molar-refractivity contribution in [3.63, 3.8) is 0 Å². The number of nitrogens with zero attached hydrogens (tertiary/aromatic N) is 1. The Morgan fingerprint density at radius 3 is 2.33 bits per heavy atom. The molecule has 0 saturated carbocycles. The summed E-state index contributed by atoms with van der Waals surface area (Å²) in [5.41, 5.74) is 5.08. The molecule has 0 fully saturated rings. The van der Waals surface area contributed by atoms with Crippen molar-refractivity contribution < 1.29 is 0 Å². The number of rotatable bonds is 6. The molecule has 2 aromatic rings. The molecule has 1 unspecified atom stereocenters. The highest BCUT2D eigenvalue weighted by atomic mass is 35.5. The molecule has 0 aliphatic heterocycles. The monoisotopic (exact) mass is 301 g/mol. The molecular formula is C19H24ClN. The number of aryl methyl sites for hydroxylation is 2. The van der Waals surface area contributed by atoms with E-state index in [1.807, 2.05) is 0 Å². The second-order valence-corrected chi connectivity index (χ2v) is 5.97. The quantitative estimate of drug-likeness (QED) is 0.649. The molecule has 112 valence electrons. The third-order valence-electron chi connectivity index (χ3n) is 3.88. The third-order valence-corrected chi connectivity index (χ3v) is 4.27. The van der Waals surface area contributed by atoms with E-state index in [9.17, 15) is 0 Å². The molecule has 2 rings (SSSR count). The molecule has 0 saturated heterocycles. The Hall–Kier alpha value is -1.47. The first-order valence-corrected chi connectivity index (χ1v) is 8.12. The summed E-state index contributed by atoms with van der Waals surface area (Å²) in [4.78, 5) is 2.33. The van der Waals surface area contributed by atoms with Gasteiger partial charge in [0.1, 0.15) is 0 Å². The standard InChI is InChI=1S/C19H24ClN/c1-4-16-9-11-17(12-10-16)19(20)14-21(5-2)18-8-6-7-15(3)13-18/h6-13,19H,4-5,14H2,1-3H3. The van der Waals surface area contributed by atoms with Gasteiger partial charge in [-0.3, -0.25) is 0 Å². The van der Waals surface area contributed by atoms with Gasteiger partial charge in [0, 0.05) is 18.8 Å². The lowest BCUT2D eigenvalue weighted by molar-refractivity contribution is 0.790. The largest absolute Gasteiger partial charge is 0.370 e. The SMILES string of the molecule is CCc1ccc(C(Cl)CN(CC)c2cccc(C)c2)cc1. The third kappa shape index (κ3) is 4.25. The van der Waals surface area contributed by atoms with E-state index in [2.05, 4.69) is 74.2 Å². The maximum absolute atomic E-state index is 6.62. The zero-order valence-corrected chi connectivity index (χ0v) is 13.9. The van der Waals surface area contributed by atoms with E-state index in [1.165, 1.54) is 22.4 Å². The Kier molecular flexibility index (Phi) is 5.69. The number of hydrogen-bond donors (Lipinski definition) is 0. The molecule has 2 heteroatoms. The van der Waals surface area contributed by atoms with E-state index < -0.39 is 0 Å². The lowest BCUT2D eigenvalue weighted by Crippen LogP contribution is -2.26. The molecule has 0 aliphatic rings. The van der Waals surface area contributed by atoms with Gasteiger partial charge in [0.15, 0.2) is 0 Å². The Bertz CT molecular complexity index is 562. The average Bonchev–Trinajstić information content (AvgIpc) is 2.52. The van der Waals surface area contributed by atoms with E-state index in [4.69, 9.17) is 11.6 Å². The van der Waals surface area contributed by atoms with Crippen LogP contribution in [0.1, 0.15) is 35.9 Å². The van der Waals surface area contributed by atoms with Gasteiger partial charge < -0.3 is 4.90 Å². The Labute approximate surface area is 133 Å². The molecule has 0 heterocycles. The summed E-state index contributed by atoms with van der Waals surface area (Å²) < 4.78 is 0. The van der Waals surface area contributed by atoms with Gasteiger partial charge in [-0.15, -0.1) is 11.6 Å². The average molecular weight is 302 g/mol. The van der Waals surface area contributed by atoms with Crippen molar-refractivity contribution in [1.82, 2.24) is 0 Å². The minimum absolute atomic E-state index is 0.0105. The van der Waals surface area contributed by atoms with Crippen LogP contribution in [-0.2, 0) is 6.42 Å². The predicted octanol–water partition coefficient (Wildman–Crippen LogP) is 5.36. The highest BCUT2D eigenvalue weighted by molar-refractivity contribution is 6.21. The van der Waals surface area contributed by atoms with Gasteiger partial charge in [-0.1, -0.05) is 43.3 Å². The van der Waals surface area contributed by atoms with Crippen LogP contribution in [0.4, 0.5) is 5.69 Å². The molecule has 1 nitrogen and oxygen atoms in total. The molecular weight excluding hydrogens is 278 g/mol. The lowest BCUT2D eigenvalue weighted by Gasteiger charge is -2.26. The smallest absolute Gasteiger partial charge is 0.0760 e. The molecule has 1 atom stereocenters. The maximum atomic E-state index is 6.62. The fraction of sp³-hybridized carbons (Fsp3) is 0.368. The van der Waals surface area contributed by atoms with Crippen LogP contribution in [0.5, 0.6) is 0 Å². The zero-order valence-electron chi connectivity index (χ0n) is 13.1. The molecule has 0 radical (unpaired) electrons. The summed E-state index contributed by atoms with van der Waals surface area (Å²) in [6.07, 6.45) is 1.07. The minimum Gasteiger partial charge on any atom is -0.370 e. The number of anilines is 1. The van der Waals surface area contributed by atoms with Gasteiger partial charge in [-0.05, 0) is 49.1 Å². The summed E-state index contributed by atoms with van der Waals surface area (Å²) in [5.74, 6) is 0. The predicted molar refractivity (Wildman–Crippen MR) is 93.5 cm³/mol. The number of likely N-dealkylation sites (N-methyl/N-ethyl adjacent to an activating group) is 1. The Morgan fingerprint density at radius 2 is 1.76 bits per heavy atom. The number of benzene rings is 2. The van der Waals surface area contributed by atoms with Crippen LogP contribution in [-0.4, -0.2) is 13.1 Å². The summed E-state index contributed by atoms with van der Waals surface area (Å²) >= 11 is 6.62. The van der Waals surface area contributed by atoms with Crippen molar-refractivity contribution in [2.24, 2.45) is 0 Å². The van der Waals surface area contributed by atoms with Crippen molar-refractivity contribution in [2.75, 3.05) is 18.0 Å². The topological polar surface area (TPSA) is 3.24 Å². The molecule has 0 aromatic heterocycles. The number of alkyl halides is 1. The van der Waals surface area contributed by atoms with Crippen molar-refractivity contribution in [3.8, 4) is 0 Å². The zero-order chi connectivity index (χ0) is 15.2. The normalized spacial score (nSPS) is 12.2. The van der Waals surface area contributed by atoms with E-state index in [0.29, 0.717) is 0 Å². The van der Waals surface area contributed by atoms with Crippen LogP contribution in [0, 0.1) is 6.92 Å². The van der Waals surface area contributed by atoms with Gasteiger partial charge in [0.05, 0.1) is 5.38 Å². The second kappa shape index (κ2) is 7.51. The van der Waals surface area contributed by atoms with Crippen LogP contribution in [0.15, 0.2) is 48.5 Å². The number of hydrogen-bond acceptors (Lipinski definition) is 1. The fourth-order valence-electron chi connectivity index (χ4n) is 2.50. The maximum Gasteiger partial charge on any atom is 0.0760 e. The molecule has 2 aromatic carbocycles. The van der Waals surface area contributed by atoms with Crippen LogP contribution >= 0.6 is 11.6 Å². The van der Waals surface area contributed by atoms with Gasteiger partial charge in [-0.2, -0.15) is 0 Å². The number of halogens is 1. The van der Waals surface area contributed by atoms with Gasteiger partial charge in [0.2, 0.25) is 0 Å². The Balaban J connectivity index is 2.10. The highest BCUT2D eigenvalue weighted by Gasteiger charge is 2.13. The van der Waals surface area contributed by atoms with Crippen molar-refractivity contribution in [3.05, 3.63) is 65.2 Å². The molecule has 0 aliphatic carbocycles. The first kappa shape index (κ1) is 15.9. The van der Waals surface area contributed by atoms with Crippen molar-refractivity contribution >= 4 is 17.3 Å². The lowest BCUT2D eigenvalue weighted by atomic mass is 10.1. The summed E-state index contributed by atoms with van der Waals surface area (Å²) in [7, 11) is 0. The highest BCUT2D eigenvalue weighted by Crippen LogP contribution is 2.25. The van der Waals surface area contributed by atoms with Gasteiger partial charge in [-0.25, -0.2) is 0 Å². The summed E-state index contributed by atoms with van der Waals surface area (Å²) in [6, 6.07) is 17.3. The van der Waals surface area contributed by atoms with E-state index in [1.54, 1.807) is 0 Å². The van der Waals surface area contributed by atoms with Gasteiger partial charge in [0.25, 0.3) is 0 Å². The van der Waals surface area contributed by atoms with Crippen molar-refractivity contribution in [2.45, 2.75) is 32.6 Å². The first-order chi connectivity index (χ1) is 10.1. The summed E-state index contributed by atoms with van der Waals surface area (Å²) in [6.45, 7) is 8.25.